The Bertz CT molecular complexity index is 742. The summed E-state index contributed by atoms with van der Waals surface area (Å²) in [5.41, 5.74) is -1.36. The number of benzene rings is 1. The van der Waals surface area contributed by atoms with Gasteiger partial charge in [0.25, 0.3) is 0 Å². The molecule has 0 radical (unpaired) electrons. The van der Waals surface area contributed by atoms with Gasteiger partial charge in [-0.05, 0) is 23.8 Å². The molecule has 0 bridgehead atoms. The summed E-state index contributed by atoms with van der Waals surface area (Å²) in [6.45, 7) is 0. The number of carboxylic acids is 1. The number of sulfone groups is 1. The zero-order chi connectivity index (χ0) is 15.1. The summed E-state index contributed by atoms with van der Waals surface area (Å²) in [5.74, 6) is -1.71. The van der Waals surface area contributed by atoms with Crippen molar-refractivity contribution in [3.05, 3.63) is 51.8 Å². The molecule has 0 saturated heterocycles. The van der Waals surface area contributed by atoms with Crippen LogP contribution in [0.3, 0.4) is 0 Å². The summed E-state index contributed by atoms with van der Waals surface area (Å²) in [5, 5.41) is 9.57. The van der Waals surface area contributed by atoms with Crippen LogP contribution >= 0.6 is 0 Å². The number of carbonyl (C=O) groups is 1. The van der Waals surface area contributed by atoms with E-state index in [2.05, 4.69) is 0 Å². The van der Waals surface area contributed by atoms with Gasteiger partial charge in [-0.25, -0.2) is 13.2 Å². The van der Waals surface area contributed by atoms with Crippen LogP contribution < -0.4 is 0 Å². The molecule has 0 aliphatic carbocycles. The Kier molecular flexibility index (Phi) is 3.21. The van der Waals surface area contributed by atoms with Gasteiger partial charge in [0.1, 0.15) is 0 Å². The second kappa shape index (κ2) is 4.48. The third-order valence-corrected chi connectivity index (χ3v) is 4.10. The largest absolute Gasteiger partial charge is 0.477 e. The molecule has 8 heteroatoms. The van der Waals surface area contributed by atoms with Crippen molar-refractivity contribution in [2.75, 3.05) is 0 Å². The highest BCUT2D eigenvalue weighted by molar-refractivity contribution is 7.99. The van der Waals surface area contributed by atoms with Crippen molar-refractivity contribution in [1.29, 1.82) is 0 Å². The first-order valence-corrected chi connectivity index (χ1v) is 6.76. The van der Waals surface area contributed by atoms with Crippen LogP contribution in [0, 0.1) is 0 Å². The fraction of sp³-hybridized carbons (Fsp3) is 0.0833. The molecule has 0 spiro atoms. The SMILES string of the molecule is O=C(O)C1=C(c2cccc(C(F)(F)F)c2)C=CS1(=O)=O. The second-order valence-corrected chi connectivity index (χ2v) is 5.74. The van der Waals surface area contributed by atoms with Crippen molar-refractivity contribution in [3.63, 3.8) is 0 Å². The first kappa shape index (κ1) is 14.3. The molecule has 0 fully saturated rings. The Morgan fingerprint density at radius 3 is 2.40 bits per heavy atom. The van der Waals surface area contributed by atoms with Gasteiger partial charge in [-0.2, -0.15) is 13.2 Å². The molecule has 1 aromatic carbocycles. The monoisotopic (exact) mass is 304 g/mol. The minimum Gasteiger partial charge on any atom is -0.477 e. The lowest BCUT2D eigenvalue weighted by Crippen LogP contribution is -2.10. The predicted octanol–water partition coefficient (Wildman–Crippen LogP) is 2.44. The third-order valence-electron chi connectivity index (χ3n) is 2.64. The summed E-state index contributed by atoms with van der Waals surface area (Å²) in [6, 6.07) is 3.84. The van der Waals surface area contributed by atoms with Crippen molar-refractivity contribution in [1.82, 2.24) is 0 Å². The van der Waals surface area contributed by atoms with Gasteiger partial charge in [0.05, 0.1) is 5.56 Å². The van der Waals surface area contributed by atoms with E-state index in [0.717, 1.165) is 18.2 Å². The van der Waals surface area contributed by atoms with E-state index in [1.807, 2.05) is 0 Å². The number of carboxylic acid groups (broad SMARTS) is 1. The first-order chi connectivity index (χ1) is 9.13. The summed E-state index contributed by atoms with van der Waals surface area (Å²) < 4.78 is 60.8. The molecule has 1 aliphatic rings. The van der Waals surface area contributed by atoms with Crippen molar-refractivity contribution in [2.24, 2.45) is 0 Å². The minimum absolute atomic E-state index is 0.116. The molecule has 1 aliphatic heterocycles. The number of hydrogen-bond acceptors (Lipinski definition) is 3. The Balaban J connectivity index is 2.66. The van der Waals surface area contributed by atoms with Crippen LogP contribution in [0.5, 0.6) is 0 Å². The lowest BCUT2D eigenvalue weighted by atomic mass is 10.0. The zero-order valence-electron chi connectivity index (χ0n) is 9.68. The Hall–Kier alpha value is -2.09. The van der Waals surface area contributed by atoms with Crippen LogP contribution in [0.1, 0.15) is 11.1 Å². The standard InChI is InChI=1S/C12H7F3O4S/c13-12(14,15)8-3-1-2-7(6-8)9-4-5-20(18,19)10(9)11(16)17/h1-6H,(H,16,17). The van der Waals surface area contributed by atoms with E-state index < -0.39 is 32.5 Å². The van der Waals surface area contributed by atoms with Crippen LogP contribution in [-0.4, -0.2) is 19.5 Å². The molecular formula is C12H7F3O4S. The van der Waals surface area contributed by atoms with Crippen LogP contribution in [0.2, 0.25) is 0 Å². The van der Waals surface area contributed by atoms with Gasteiger partial charge < -0.3 is 5.11 Å². The van der Waals surface area contributed by atoms with Gasteiger partial charge in [-0.3, -0.25) is 0 Å². The van der Waals surface area contributed by atoms with Gasteiger partial charge >= 0.3 is 12.1 Å². The number of halogens is 3. The normalized spacial score (nSPS) is 17.6. The molecule has 0 saturated carbocycles. The van der Waals surface area contributed by atoms with E-state index in [0.29, 0.717) is 11.5 Å². The van der Waals surface area contributed by atoms with Crippen LogP contribution in [0.4, 0.5) is 13.2 Å². The van der Waals surface area contributed by atoms with Crippen molar-refractivity contribution < 1.29 is 31.5 Å². The predicted molar refractivity (Wildman–Crippen MR) is 64.1 cm³/mol. The van der Waals surface area contributed by atoms with E-state index in [-0.39, 0.29) is 11.1 Å². The Labute approximate surface area is 111 Å². The van der Waals surface area contributed by atoms with E-state index >= 15 is 0 Å². The van der Waals surface area contributed by atoms with E-state index in [9.17, 15) is 26.4 Å². The van der Waals surface area contributed by atoms with Crippen LogP contribution in [0.25, 0.3) is 5.57 Å². The number of alkyl halides is 3. The quantitative estimate of drug-likeness (QED) is 0.911. The number of allylic oxidation sites excluding steroid dienone is 2. The maximum Gasteiger partial charge on any atom is 0.416 e. The van der Waals surface area contributed by atoms with Crippen LogP contribution in [-0.2, 0) is 20.8 Å². The highest BCUT2D eigenvalue weighted by Crippen LogP contribution is 2.35. The minimum atomic E-state index is -4.60. The molecule has 0 amide bonds. The maximum atomic E-state index is 12.6. The molecule has 1 aromatic rings. The second-order valence-electron chi connectivity index (χ2n) is 3.97. The molecule has 0 aromatic heterocycles. The average Bonchev–Trinajstić information content (AvgIpc) is 2.64. The van der Waals surface area contributed by atoms with Gasteiger partial charge in [0, 0.05) is 11.0 Å². The highest BCUT2D eigenvalue weighted by atomic mass is 32.2. The van der Waals surface area contributed by atoms with Gasteiger partial charge in [0.15, 0.2) is 4.91 Å². The topological polar surface area (TPSA) is 71.4 Å². The highest BCUT2D eigenvalue weighted by Gasteiger charge is 2.33. The van der Waals surface area contributed by atoms with Gasteiger partial charge in [-0.1, -0.05) is 12.1 Å². The molecule has 1 heterocycles. The molecule has 0 atom stereocenters. The fourth-order valence-electron chi connectivity index (χ4n) is 1.78. The molecule has 1 N–H and O–H groups in total. The van der Waals surface area contributed by atoms with Gasteiger partial charge in [0.2, 0.25) is 9.84 Å². The maximum absolute atomic E-state index is 12.6. The fourth-order valence-corrected chi connectivity index (χ4v) is 2.97. The number of aliphatic carboxylic acids is 1. The average molecular weight is 304 g/mol. The molecule has 2 rings (SSSR count). The van der Waals surface area contributed by atoms with Crippen LogP contribution in [0.15, 0.2) is 40.7 Å². The summed E-state index contributed by atoms with van der Waals surface area (Å²) in [7, 11) is -4.11. The molecule has 20 heavy (non-hydrogen) atoms. The lowest BCUT2D eigenvalue weighted by molar-refractivity contribution is -0.137. The number of hydrogen-bond donors (Lipinski definition) is 1. The number of rotatable bonds is 2. The third kappa shape index (κ3) is 2.46. The van der Waals surface area contributed by atoms with E-state index in [1.54, 1.807) is 0 Å². The Morgan fingerprint density at radius 1 is 1.20 bits per heavy atom. The zero-order valence-corrected chi connectivity index (χ0v) is 10.5. The van der Waals surface area contributed by atoms with E-state index in [4.69, 9.17) is 5.11 Å². The summed E-state index contributed by atoms with van der Waals surface area (Å²) in [4.78, 5) is 10.1. The van der Waals surface area contributed by atoms with Gasteiger partial charge in [-0.15, -0.1) is 0 Å². The molecule has 106 valence electrons. The smallest absolute Gasteiger partial charge is 0.416 e. The summed E-state index contributed by atoms with van der Waals surface area (Å²) >= 11 is 0. The Morgan fingerprint density at radius 2 is 1.85 bits per heavy atom. The first-order valence-electron chi connectivity index (χ1n) is 5.21. The molecule has 0 unspecified atom stereocenters. The lowest BCUT2D eigenvalue weighted by Gasteiger charge is -2.09. The van der Waals surface area contributed by atoms with Crippen molar-refractivity contribution in [3.8, 4) is 0 Å². The van der Waals surface area contributed by atoms with Crippen molar-refractivity contribution in [2.45, 2.75) is 6.18 Å². The summed E-state index contributed by atoms with van der Waals surface area (Å²) in [6.07, 6.45) is -3.62. The van der Waals surface area contributed by atoms with Crippen molar-refractivity contribution >= 4 is 21.4 Å². The van der Waals surface area contributed by atoms with E-state index in [1.165, 1.54) is 6.07 Å². The molecule has 4 nitrogen and oxygen atoms in total. The molecular weight excluding hydrogens is 297 g/mol.